The van der Waals surface area contributed by atoms with Crippen molar-refractivity contribution < 1.29 is 0 Å². The lowest BCUT2D eigenvalue weighted by Crippen LogP contribution is -2.01. The molecule has 11 heavy (non-hydrogen) atoms. The molecule has 0 unspecified atom stereocenters. The van der Waals surface area contributed by atoms with Crippen molar-refractivity contribution >= 4 is 17.8 Å². The first-order chi connectivity index (χ1) is 5.38. The van der Waals surface area contributed by atoms with E-state index >= 15 is 0 Å². The predicted octanol–water partition coefficient (Wildman–Crippen LogP) is 0.808. The zero-order valence-electron chi connectivity index (χ0n) is 6.00. The fourth-order valence-corrected chi connectivity index (χ4v) is 0.928. The molecule has 0 atom stereocenters. The predicted molar refractivity (Wildman–Crippen MR) is 42.3 cm³/mol. The summed E-state index contributed by atoms with van der Waals surface area (Å²) in [5.41, 5.74) is 4.63. The summed E-state index contributed by atoms with van der Waals surface area (Å²) in [5.74, 6) is 3.44. The van der Waals surface area contributed by atoms with Crippen LogP contribution in [0.1, 0.15) is 11.3 Å². The van der Waals surface area contributed by atoms with E-state index in [4.69, 9.17) is 0 Å². The maximum Gasteiger partial charge on any atom is 0.158 e. The van der Waals surface area contributed by atoms with E-state index in [1.165, 1.54) is 6.33 Å². The molecule has 0 radical (unpaired) electrons. The number of hydrazone groups is 1. The lowest BCUT2D eigenvalue weighted by molar-refractivity contribution is 1.07. The van der Waals surface area contributed by atoms with Crippen LogP contribution in [-0.2, 0) is 0 Å². The molecule has 1 aromatic rings. The van der Waals surface area contributed by atoms with E-state index in [-0.39, 0.29) is 0 Å². The minimum Gasteiger partial charge on any atom is -0.252 e. The van der Waals surface area contributed by atoms with Gasteiger partial charge in [-0.05, 0) is 6.92 Å². The third-order valence-corrected chi connectivity index (χ3v) is 1.52. The molecule has 4 nitrogen and oxygen atoms in total. The molecule has 0 amide bonds. The third kappa shape index (κ3) is 0.893. The van der Waals surface area contributed by atoms with Crippen LogP contribution in [0.25, 0.3) is 6.08 Å². The number of anilines is 1. The molecule has 1 aromatic heterocycles. The number of nitrogens with zero attached hydrogens (tertiary/aromatic N) is 3. The Balaban J connectivity index is 2.69. The number of aryl methyl sites for hydroxylation is 1. The van der Waals surface area contributed by atoms with Crippen LogP contribution in [0, 0.1) is 6.92 Å². The standard InChI is InChI=1S/C7H6N4/c1-5-6-2-3-10-11-7(6)9-4-8-5/h2,4H,1H3,(H,8,9,11). The molecule has 1 aliphatic heterocycles. The lowest BCUT2D eigenvalue weighted by atomic mass is 10.2. The minimum absolute atomic E-state index is 0.747. The zero-order chi connectivity index (χ0) is 7.68. The fourth-order valence-electron chi connectivity index (χ4n) is 0.928. The van der Waals surface area contributed by atoms with Crippen LogP contribution in [0.15, 0.2) is 11.4 Å². The average molecular weight is 146 g/mol. The molecule has 0 saturated carbocycles. The molecule has 0 aliphatic carbocycles. The zero-order valence-corrected chi connectivity index (χ0v) is 6.00. The Morgan fingerprint density at radius 3 is 3.18 bits per heavy atom. The van der Waals surface area contributed by atoms with Gasteiger partial charge in [-0.2, -0.15) is 0 Å². The van der Waals surface area contributed by atoms with Gasteiger partial charge in [-0.1, -0.05) is 0 Å². The van der Waals surface area contributed by atoms with Crippen molar-refractivity contribution in [1.29, 1.82) is 0 Å². The van der Waals surface area contributed by atoms with Gasteiger partial charge in [0.15, 0.2) is 5.82 Å². The van der Waals surface area contributed by atoms with Gasteiger partial charge in [0.2, 0.25) is 0 Å². The topological polar surface area (TPSA) is 50.2 Å². The summed E-state index contributed by atoms with van der Waals surface area (Å²) in [6, 6.07) is 0. The maximum absolute atomic E-state index is 4.03. The maximum atomic E-state index is 4.03. The minimum atomic E-state index is 0.747. The summed E-state index contributed by atoms with van der Waals surface area (Å²) in [6.07, 6.45) is 3.27. The molecule has 54 valence electrons. The van der Waals surface area contributed by atoms with Crippen molar-refractivity contribution in [2.75, 3.05) is 5.43 Å². The number of hydrogen-bond donors (Lipinski definition) is 1. The second kappa shape index (κ2) is 2.18. The van der Waals surface area contributed by atoms with Gasteiger partial charge >= 0.3 is 0 Å². The monoisotopic (exact) mass is 146 g/mol. The Bertz CT molecular complexity index is 349. The van der Waals surface area contributed by atoms with Crippen LogP contribution in [-0.4, -0.2) is 15.8 Å². The number of rotatable bonds is 0. The van der Waals surface area contributed by atoms with Crippen molar-refractivity contribution in [3.8, 4) is 0 Å². The normalized spacial score (nSPS) is 12.5. The SMILES string of the molecule is Cc1ncnc2c1C=C=NN2. The first-order valence-corrected chi connectivity index (χ1v) is 3.24. The van der Waals surface area contributed by atoms with E-state index in [1.54, 1.807) is 6.08 Å². The molecular formula is C7H6N4. The van der Waals surface area contributed by atoms with E-state index in [1.807, 2.05) is 6.92 Å². The first kappa shape index (κ1) is 6.07. The highest BCUT2D eigenvalue weighted by Crippen LogP contribution is 2.16. The van der Waals surface area contributed by atoms with Crippen LogP contribution in [0.4, 0.5) is 5.82 Å². The van der Waals surface area contributed by atoms with Gasteiger partial charge in [-0.15, -0.1) is 5.10 Å². The Morgan fingerprint density at radius 2 is 2.36 bits per heavy atom. The Kier molecular flexibility index (Phi) is 1.20. The number of hydrogen-bond acceptors (Lipinski definition) is 4. The fraction of sp³-hybridized carbons (Fsp3) is 0.143. The molecule has 0 saturated heterocycles. The van der Waals surface area contributed by atoms with Gasteiger partial charge in [0.25, 0.3) is 0 Å². The molecule has 2 heterocycles. The van der Waals surface area contributed by atoms with Crippen molar-refractivity contribution in [3.63, 3.8) is 0 Å². The Morgan fingerprint density at radius 1 is 1.45 bits per heavy atom. The van der Waals surface area contributed by atoms with Crippen LogP contribution in [0.3, 0.4) is 0 Å². The highest BCUT2D eigenvalue weighted by Gasteiger charge is 2.05. The first-order valence-electron chi connectivity index (χ1n) is 3.24. The van der Waals surface area contributed by atoms with E-state index < -0.39 is 0 Å². The summed E-state index contributed by atoms with van der Waals surface area (Å²) in [4.78, 5) is 8.02. The number of fused-ring (bicyclic) bond motifs is 1. The average Bonchev–Trinajstić information content (AvgIpc) is 2.06. The molecule has 1 aliphatic rings. The van der Waals surface area contributed by atoms with Crippen molar-refractivity contribution in [1.82, 2.24) is 9.97 Å². The summed E-state index contributed by atoms with van der Waals surface area (Å²) in [6.45, 7) is 1.92. The van der Waals surface area contributed by atoms with Crippen molar-refractivity contribution in [2.45, 2.75) is 6.92 Å². The van der Waals surface area contributed by atoms with Crippen molar-refractivity contribution in [2.24, 2.45) is 5.10 Å². The summed E-state index contributed by atoms with van der Waals surface area (Å²) in [7, 11) is 0. The number of nitrogens with one attached hydrogen (secondary N) is 1. The quantitative estimate of drug-likeness (QED) is 0.589. The van der Waals surface area contributed by atoms with Gasteiger partial charge in [-0.25, -0.2) is 9.97 Å². The highest BCUT2D eigenvalue weighted by atomic mass is 15.3. The molecule has 2 rings (SSSR count). The molecule has 0 spiro atoms. The van der Waals surface area contributed by atoms with Crippen LogP contribution in [0.2, 0.25) is 0 Å². The molecule has 0 bridgehead atoms. The smallest absolute Gasteiger partial charge is 0.158 e. The van der Waals surface area contributed by atoms with E-state index in [9.17, 15) is 0 Å². The molecule has 1 N–H and O–H groups in total. The molecule has 0 aromatic carbocycles. The van der Waals surface area contributed by atoms with Gasteiger partial charge in [0.1, 0.15) is 6.33 Å². The second-order valence-electron chi connectivity index (χ2n) is 2.22. The van der Waals surface area contributed by atoms with Crippen LogP contribution in [0.5, 0.6) is 0 Å². The van der Waals surface area contributed by atoms with E-state index in [0.29, 0.717) is 0 Å². The van der Waals surface area contributed by atoms with Gasteiger partial charge in [0.05, 0.1) is 5.69 Å². The Labute approximate surface area is 63.7 Å². The molecular weight excluding hydrogens is 140 g/mol. The largest absolute Gasteiger partial charge is 0.252 e. The van der Waals surface area contributed by atoms with Crippen molar-refractivity contribution in [3.05, 3.63) is 17.6 Å². The molecule has 0 fully saturated rings. The molecule has 4 heteroatoms. The third-order valence-electron chi connectivity index (χ3n) is 1.52. The summed E-state index contributed by atoms with van der Waals surface area (Å²) < 4.78 is 0. The summed E-state index contributed by atoms with van der Waals surface area (Å²) >= 11 is 0. The van der Waals surface area contributed by atoms with Crippen LogP contribution < -0.4 is 5.43 Å². The van der Waals surface area contributed by atoms with E-state index in [0.717, 1.165) is 17.1 Å². The van der Waals surface area contributed by atoms with Crippen LogP contribution >= 0.6 is 0 Å². The van der Waals surface area contributed by atoms with Gasteiger partial charge < -0.3 is 0 Å². The van der Waals surface area contributed by atoms with E-state index in [2.05, 4.69) is 26.4 Å². The highest BCUT2D eigenvalue weighted by molar-refractivity contribution is 5.85. The number of aromatic nitrogens is 2. The Hall–Kier alpha value is -1.67. The summed E-state index contributed by atoms with van der Waals surface area (Å²) in [5, 5.41) is 3.71. The lowest BCUT2D eigenvalue weighted by Gasteiger charge is -2.06. The van der Waals surface area contributed by atoms with Gasteiger partial charge in [-0.3, -0.25) is 5.43 Å². The second-order valence-corrected chi connectivity index (χ2v) is 2.22. The van der Waals surface area contributed by atoms with Gasteiger partial charge in [0, 0.05) is 17.5 Å².